The van der Waals surface area contributed by atoms with Gasteiger partial charge in [-0.25, -0.2) is 10.1 Å². The van der Waals surface area contributed by atoms with Gasteiger partial charge in [0.2, 0.25) is 0 Å². The summed E-state index contributed by atoms with van der Waals surface area (Å²) in [7, 11) is 1.97. The first kappa shape index (κ1) is 16.8. The number of fused-ring (bicyclic) bond motifs is 5. The van der Waals surface area contributed by atoms with Gasteiger partial charge in [-0.05, 0) is 24.0 Å². The van der Waals surface area contributed by atoms with Crippen LogP contribution in [0.15, 0.2) is 48.5 Å². The normalized spacial score (nSPS) is 13.0. The summed E-state index contributed by atoms with van der Waals surface area (Å²) in [6.07, 6.45) is 1.08. The Balaban J connectivity index is 1.96. The van der Waals surface area contributed by atoms with Crippen LogP contribution in [0.1, 0.15) is 25.8 Å². The zero-order valence-corrected chi connectivity index (χ0v) is 15.6. The first-order valence-corrected chi connectivity index (χ1v) is 9.25. The van der Waals surface area contributed by atoms with Gasteiger partial charge < -0.3 is 5.01 Å². The summed E-state index contributed by atoms with van der Waals surface area (Å²) in [5.41, 5.74) is 10.2. The standard InChI is InChI=1S/C21H25N5/c1-15(2)12-13-25-21-18-10-6-7-11-19(18)26(22-3)14-16-8-4-5-9-17(16)20(21)23-24-25/h4-11,15,22H,12-14H2,1-3H3. The average molecular weight is 347 g/mol. The van der Waals surface area contributed by atoms with Crippen molar-refractivity contribution in [2.24, 2.45) is 5.92 Å². The van der Waals surface area contributed by atoms with Gasteiger partial charge in [-0.2, -0.15) is 0 Å². The van der Waals surface area contributed by atoms with Gasteiger partial charge in [-0.1, -0.05) is 61.5 Å². The van der Waals surface area contributed by atoms with Gasteiger partial charge in [0.05, 0.1) is 17.9 Å². The Kier molecular flexibility index (Phi) is 4.47. The maximum Gasteiger partial charge on any atom is 0.121 e. The molecule has 1 N–H and O–H groups in total. The third-order valence-corrected chi connectivity index (χ3v) is 4.97. The molecule has 5 heteroatoms. The number of para-hydroxylation sites is 1. The fourth-order valence-corrected chi connectivity index (χ4v) is 3.55. The predicted molar refractivity (Wildman–Crippen MR) is 106 cm³/mol. The van der Waals surface area contributed by atoms with E-state index in [9.17, 15) is 0 Å². The van der Waals surface area contributed by atoms with Gasteiger partial charge >= 0.3 is 0 Å². The quantitative estimate of drug-likeness (QED) is 0.771. The van der Waals surface area contributed by atoms with Crippen molar-refractivity contribution in [3.8, 4) is 22.5 Å². The zero-order valence-electron chi connectivity index (χ0n) is 15.6. The minimum Gasteiger partial charge on any atom is -0.304 e. The van der Waals surface area contributed by atoms with Crippen molar-refractivity contribution in [3.63, 3.8) is 0 Å². The number of anilines is 1. The van der Waals surface area contributed by atoms with Gasteiger partial charge in [0, 0.05) is 24.7 Å². The van der Waals surface area contributed by atoms with E-state index in [0.29, 0.717) is 5.92 Å². The van der Waals surface area contributed by atoms with Crippen LogP contribution in [0.3, 0.4) is 0 Å². The van der Waals surface area contributed by atoms with Crippen LogP contribution in [-0.4, -0.2) is 22.0 Å². The third kappa shape index (κ3) is 2.88. The number of hydrogen-bond donors (Lipinski definition) is 1. The maximum absolute atomic E-state index is 4.60. The lowest BCUT2D eigenvalue weighted by Gasteiger charge is -2.29. The fraction of sp³-hybridized carbons (Fsp3) is 0.333. The maximum atomic E-state index is 4.60. The van der Waals surface area contributed by atoms with E-state index in [1.807, 2.05) is 7.05 Å². The predicted octanol–water partition coefficient (Wildman–Crippen LogP) is 4.11. The molecule has 3 aromatic rings. The van der Waals surface area contributed by atoms with Gasteiger partial charge in [-0.3, -0.25) is 0 Å². The molecule has 0 bridgehead atoms. The number of aromatic nitrogens is 3. The lowest BCUT2D eigenvalue weighted by molar-refractivity contribution is 0.481. The van der Waals surface area contributed by atoms with Gasteiger partial charge in [0.1, 0.15) is 5.69 Å². The molecular formula is C21H25N5. The van der Waals surface area contributed by atoms with E-state index in [0.717, 1.165) is 42.1 Å². The molecule has 0 atom stereocenters. The smallest absolute Gasteiger partial charge is 0.121 e. The van der Waals surface area contributed by atoms with Gasteiger partial charge in [0.25, 0.3) is 0 Å². The van der Waals surface area contributed by atoms with Crippen molar-refractivity contribution in [2.75, 3.05) is 12.1 Å². The fourth-order valence-electron chi connectivity index (χ4n) is 3.55. The van der Waals surface area contributed by atoms with Crippen LogP contribution in [-0.2, 0) is 13.1 Å². The summed E-state index contributed by atoms with van der Waals surface area (Å²) in [4.78, 5) is 0. The number of hydrazine groups is 1. The third-order valence-electron chi connectivity index (χ3n) is 4.97. The Labute approximate surface area is 154 Å². The monoisotopic (exact) mass is 347 g/mol. The highest BCUT2D eigenvalue weighted by atomic mass is 15.5. The van der Waals surface area contributed by atoms with E-state index in [1.54, 1.807) is 0 Å². The SMILES string of the molecule is CNN1Cc2ccccc2-c2nnn(CCC(C)C)c2-c2ccccc21. The highest BCUT2D eigenvalue weighted by Crippen LogP contribution is 2.40. The molecule has 0 saturated carbocycles. The van der Waals surface area contributed by atoms with E-state index >= 15 is 0 Å². The van der Waals surface area contributed by atoms with Crippen LogP contribution < -0.4 is 10.4 Å². The summed E-state index contributed by atoms with van der Waals surface area (Å²) in [5.74, 6) is 0.625. The minimum absolute atomic E-state index is 0.625. The van der Waals surface area contributed by atoms with Crippen molar-refractivity contribution >= 4 is 5.69 Å². The molecule has 134 valence electrons. The molecule has 0 fully saturated rings. The number of nitrogens with one attached hydrogen (secondary N) is 1. The van der Waals surface area contributed by atoms with E-state index in [4.69, 9.17) is 0 Å². The van der Waals surface area contributed by atoms with Crippen molar-refractivity contribution < 1.29 is 0 Å². The highest BCUT2D eigenvalue weighted by molar-refractivity contribution is 5.87. The van der Waals surface area contributed by atoms with E-state index in [2.05, 4.69) is 87.8 Å². The van der Waals surface area contributed by atoms with Crippen LogP contribution in [0.2, 0.25) is 0 Å². The van der Waals surface area contributed by atoms with E-state index in [-0.39, 0.29) is 0 Å². The first-order valence-electron chi connectivity index (χ1n) is 9.25. The molecule has 1 aliphatic heterocycles. The molecule has 0 amide bonds. The summed E-state index contributed by atoms with van der Waals surface area (Å²) in [6, 6.07) is 17.0. The van der Waals surface area contributed by atoms with Crippen molar-refractivity contribution in [1.29, 1.82) is 0 Å². The Morgan fingerprint density at radius 1 is 1.04 bits per heavy atom. The highest BCUT2D eigenvalue weighted by Gasteiger charge is 2.25. The molecule has 0 radical (unpaired) electrons. The molecule has 2 heterocycles. The van der Waals surface area contributed by atoms with Crippen molar-refractivity contribution in [2.45, 2.75) is 33.4 Å². The molecule has 5 nitrogen and oxygen atoms in total. The number of benzene rings is 2. The van der Waals surface area contributed by atoms with Crippen LogP contribution in [0.25, 0.3) is 22.5 Å². The summed E-state index contributed by atoms with van der Waals surface area (Å²) in [6.45, 7) is 6.14. The van der Waals surface area contributed by atoms with Crippen LogP contribution in [0.5, 0.6) is 0 Å². The largest absolute Gasteiger partial charge is 0.304 e. The molecular weight excluding hydrogens is 322 g/mol. The minimum atomic E-state index is 0.625. The number of rotatable bonds is 4. The van der Waals surface area contributed by atoms with Crippen LogP contribution in [0, 0.1) is 5.92 Å². The zero-order chi connectivity index (χ0) is 18.1. The lowest BCUT2D eigenvalue weighted by Crippen LogP contribution is -2.35. The summed E-state index contributed by atoms with van der Waals surface area (Å²) in [5, 5.41) is 11.3. The molecule has 26 heavy (non-hydrogen) atoms. The number of aryl methyl sites for hydroxylation is 1. The molecule has 0 aliphatic carbocycles. The van der Waals surface area contributed by atoms with Gasteiger partial charge in [-0.15, -0.1) is 5.10 Å². The first-order chi connectivity index (χ1) is 12.7. The molecule has 4 rings (SSSR count). The Hall–Kier alpha value is -2.66. The van der Waals surface area contributed by atoms with Crippen LogP contribution in [0.4, 0.5) is 5.69 Å². The molecule has 1 aromatic heterocycles. The number of nitrogens with zero attached hydrogens (tertiary/aromatic N) is 4. The Bertz CT molecular complexity index is 912. The lowest BCUT2D eigenvalue weighted by atomic mass is 9.96. The summed E-state index contributed by atoms with van der Waals surface area (Å²) < 4.78 is 2.07. The molecule has 0 spiro atoms. The summed E-state index contributed by atoms with van der Waals surface area (Å²) >= 11 is 0. The van der Waals surface area contributed by atoms with Gasteiger partial charge in [0.15, 0.2) is 0 Å². The Morgan fingerprint density at radius 2 is 1.77 bits per heavy atom. The Morgan fingerprint density at radius 3 is 2.54 bits per heavy atom. The second-order valence-corrected chi connectivity index (χ2v) is 7.18. The molecule has 0 unspecified atom stereocenters. The molecule has 2 aromatic carbocycles. The van der Waals surface area contributed by atoms with Crippen LogP contribution >= 0.6 is 0 Å². The topological polar surface area (TPSA) is 46.0 Å². The average Bonchev–Trinajstić information content (AvgIpc) is 3.06. The van der Waals surface area contributed by atoms with E-state index < -0.39 is 0 Å². The van der Waals surface area contributed by atoms with Crippen molar-refractivity contribution in [3.05, 3.63) is 54.1 Å². The molecule has 1 aliphatic rings. The second kappa shape index (κ2) is 6.92. The second-order valence-electron chi connectivity index (χ2n) is 7.18. The molecule has 0 saturated heterocycles. The van der Waals surface area contributed by atoms with E-state index in [1.165, 1.54) is 11.1 Å². The number of hydrogen-bond acceptors (Lipinski definition) is 4. The van der Waals surface area contributed by atoms with Crippen molar-refractivity contribution in [1.82, 2.24) is 20.4 Å².